The van der Waals surface area contributed by atoms with Gasteiger partial charge in [-0.2, -0.15) is 0 Å². The van der Waals surface area contributed by atoms with Crippen LogP contribution in [0.1, 0.15) is 56.8 Å². The van der Waals surface area contributed by atoms with Crippen LogP contribution in [0.15, 0.2) is 54.6 Å². The third-order valence-corrected chi connectivity index (χ3v) is 5.92. The molecular formula is C26H30N2O5. The molecule has 3 atom stereocenters. The molecule has 0 aromatic heterocycles. The molecule has 0 saturated carbocycles. The van der Waals surface area contributed by atoms with Crippen LogP contribution in [0.3, 0.4) is 0 Å². The molecule has 2 aromatic carbocycles. The van der Waals surface area contributed by atoms with Crippen molar-refractivity contribution in [3.63, 3.8) is 0 Å². The Morgan fingerprint density at radius 2 is 1.55 bits per heavy atom. The van der Waals surface area contributed by atoms with Gasteiger partial charge in [0.15, 0.2) is 0 Å². The van der Waals surface area contributed by atoms with E-state index in [1.807, 2.05) is 51.1 Å². The maximum absolute atomic E-state index is 13.2. The molecule has 0 bridgehead atoms. The number of carbonyl (C=O) groups excluding carboxylic acids is 3. The third-order valence-electron chi connectivity index (χ3n) is 5.92. The number of hydrogen-bond acceptors (Lipinski definition) is 5. The molecule has 33 heavy (non-hydrogen) atoms. The molecule has 174 valence electrons. The SMILES string of the molecule is CC(C)(C)OC(=O)[C@@H]1CCC2CCC(NC(=O)c3ccc(Oc4ccccc4)cc3)C(=O)N21. The van der Waals surface area contributed by atoms with Gasteiger partial charge in [0.25, 0.3) is 5.91 Å². The Morgan fingerprint density at radius 3 is 2.21 bits per heavy atom. The molecule has 2 aliphatic heterocycles. The van der Waals surface area contributed by atoms with Crippen molar-refractivity contribution in [3.05, 3.63) is 60.2 Å². The predicted molar refractivity (Wildman–Crippen MR) is 123 cm³/mol. The number of rotatable bonds is 5. The Morgan fingerprint density at radius 1 is 0.909 bits per heavy atom. The smallest absolute Gasteiger partial charge is 0.329 e. The van der Waals surface area contributed by atoms with Crippen LogP contribution in [-0.4, -0.2) is 46.4 Å². The highest BCUT2D eigenvalue weighted by atomic mass is 16.6. The molecule has 1 N–H and O–H groups in total. The largest absolute Gasteiger partial charge is 0.458 e. The highest BCUT2D eigenvalue weighted by molar-refractivity contribution is 5.98. The van der Waals surface area contributed by atoms with Gasteiger partial charge in [0, 0.05) is 11.6 Å². The summed E-state index contributed by atoms with van der Waals surface area (Å²) in [6, 6.07) is 15.0. The van der Waals surface area contributed by atoms with Crippen molar-refractivity contribution in [1.82, 2.24) is 10.2 Å². The first-order valence-corrected chi connectivity index (χ1v) is 11.4. The molecule has 7 heteroatoms. The molecule has 0 radical (unpaired) electrons. The molecule has 2 heterocycles. The Bertz CT molecular complexity index is 1010. The van der Waals surface area contributed by atoms with Crippen LogP contribution in [0.4, 0.5) is 0 Å². The molecule has 2 saturated heterocycles. The van der Waals surface area contributed by atoms with Gasteiger partial charge < -0.3 is 19.7 Å². The summed E-state index contributed by atoms with van der Waals surface area (Å²) in [7, 11) is 0. The predicted octanol–water partition coefficient (Wildman–Crippen LogP) is 4.07. The zero-order valence-electron chi connectivity index (χ0n) is 19.2. The molecule has 2 amide bonds. The minimum atomic E-state index is -0.656. The summed E-state index contributed by atoms with van der Waals surface area (Å²) >= 11 is 0. The molecular weight excluding hydrogens is 420 g/mol. The van der Waals surface area contributed by atoms with Gasteiger partial charge in [-0.25, -0.2) is 4.79 Å². The van der Waals surface area contributed by atoms with Gasteiger partial charge in [-0.1, -0.05) is 18.2 Å². The van der Waals surface area contributed by atoms with Crippen molar-refractivity contribution in [2.24, 2.45) is 0 Å². The number of esters is 1. The molecule has 2 unspecified atom stereocenters. The van der Waals surface area contributed by atoms with Crippen molar-refractivity contribution in [1.29, 1.82) is 0 Å². The summed E-state index contributed by atoms with van der Waals surface area (Å²) in [5.74, 6) is 0.413. The lowest BCUT2D eigenvalue weighted by atomic mass is 9.97. The molecule has 2 fully saturated rings. The number of benzene rings is 2. The summed E-state index contributed by atoms with van der Waals surface area (Å²) in [6.45, 7) is 5.44. The van der Waals surface area contributed by atoms with E-state index >= 15 is 0 Å². The van der Waals surface area contributed by atoms with Gasteiger partial charge in [-0.05, 0) is 82.9 Å². The van der Waals surface area contributed by atoms with Crippen LogP contribution in [0.2, 0.25) is 0 Å². The first-order chi connectivity index (χ1) is 15.7. The average molecular weight is 451 g/mol. The average Bonchev–Trinajstić information content (AvgIpc) is 3.21. The number of para-hydroxylation sites is 1. The number of fused-ring (bicyclic) bond motifs is 1. The molecule has 2 aromatic rings. The fourth-order valence-electron chi connectivity index (χ4n) is 4.44. The van der Waals surface area contributed by atoms with E-state index in [0.717, 1.165) is 12.8 Å². The van der Waals surface area contributed by atoms with Crippen molar-refractivity contribution >= 4 is 17.8 Å². The number of ether oxygens (including phenoxy) is 2. The second kappa shape index (κ2) is 9.25. The van der Waals surface area contributed by atoms with Gasteiger partial charge >= 0.3 is 5.97 Å². The Labute approximate surface area is 194 Å². The number of amides is 2. The number of hydrogen-bond donors (Lipinski definition) is 1. The number of nitrogens with one attached hydrogen (secondary N) is 1. The van der Waals surface area contributed by atoms with Gasteiger partial charge in [0.1, 0.15) is 29.2 Å². The minimum absolute atomic E-state index is 0.0255. The van der Waals surface area contributed by atoms with E-state index in [9.17, 15) is 14.4 Å². The van der Waals surface area contributed by atoms with Gasteiger partial charge in [0.2, 0.25) is 5.91 Å². The second-order valence-corrected chi connectivity index (χ2v) is 9.57. The normalized spacial score (nSPS) is 22.5. The maximum Gasteiger partial charge on any atom is 0.329 e. The van der Waals surface area contributed by atoms with E-state index in [1.54, 1.807) is 29.2 Å². The molecule has 7 nitrogen and oxygen atoms in total. The Kier molecular flexibility index (Phi) is 6.40. The van der Waals surface area contributed by atoms with Gasteiger partial charge in [-0.3, -0.25) is 9.59 Å². The Balaban J connectivity index is 1.39. The minimum Gasteiger partial charge on any atom is -0.458 e. The highest BCUT2D eigenvalue weighted by Crippen LogP contribution is 2.34. The van der Waals surface area contributed by atoms with E-state index in [0.29, 0.717) is 29.9 Å². The number of carbonyl (C=O) groups is 3. The van der Waals surface area contributed by atoms with Crippen molar-refractivity contribution in [2.75, 3.05) is 0 Å². The van der Waals surface area contributed by atoms with E-state index < -0.39 is 17.7 Å². The molecule has 0 spiro atoms. The van der Waals surface area contributed by atoms with E-state index in [1.165, 1.54) is 0 Å². The van der Waals surface area contributed by atoms with Crippen molar-refractivity contribution in [3.8, 4) is 11.5 Å². The van der Waals surface area contributed by atoms with Crippen molar-refractivity contribution in [2.45, 2.75) is 70.2 Å². The number of piperidine rings is 1. The van der Waals surface area contributed by atoms with Crippen LogP contribution in [0.25, 0.3) is 0 Å². The summed E-state index contributed by atoms with van der Waals surface area (Å²) in [4.78, 5) is 40.3. The van der Waals surface area contributed by atoms with Gasteiger partial charge in [0.05, 0.1) is 0 Å². The zero-order chi connectivity index (χ0) is 23.6. The summed E-state index contributed by atoms with van der Waals surface area (Å²) in [5.41, 5.74) is -0.173. The van der Waals surface area contributed by atoms with Crippen LogP contribution < -0.4 is 10.1 Å². The standard InChI is InChI=1S/C26H30N2O5/c1-26(2,3)33-25(31)22-16-12-18-11-15-21(24(30)28(18)22)27-23(29)17-9-13-20(14-10-17)32-19-7-5-4-6-8-19/h4-10,13-14,18,21-22H,11-12,15-16H2,1-3H3,(H,27,29)/t18?,21?,22-/m0/s1. The van der Waals surface area contributed by atoms with Crippen LogP contribution >= 0.6 is 0 Å². The molecule has 4 rings (SSSR count). The first-order valence-electron chi connectivity index (χ1n) is 11.4. The fraction of sp³-hybridized carbons (Fsp3) is 0.423. The second-order valence-electron chi connectivity index (χ2n) is 9.57. The Hall–Kier alpha value is -3.35. The number of nitrogens with zero attached hydrogens (tertiary/aromatic N) is 1. The lowest BCUT2D eigenvalue weighted by Crippen LogP contribution is -2.58. The van der Waals surface area contributed by atoms with Gasteiger partial charge in [-0.15, -0.1) is 0 Å². The third kappa shape index (κ3) is 5.35. The van der Waals surface area contributed by atoms with Crippen molar-refractivity contribution < 1.29 is 23.9 Å². The zero-order valence-corrected chi connectivity index (χ0v) is 19.2. The topological polar surface area (TPSA) is 84.9 Å². The van der Waals surface area contributed by atoms with Crippen LogP contribution in [0, 0.1) is 0 Å². The maximum atomic E-state index is 13.2. The fourth-order valence-corrected chi connectivity index (χ4v) is 4.44. The summed E-state index contributed by atoms with van der Waals surface area (Å²) in [6.07, 6.45) is 2.68. The monoisotopic (exact) mass is 450 g/mol. The molecule has 0 aliphatic carbocycles. The van der Waals surface area contributed by atoms with Crippen LogP contribution in [0.5, 0.6) is 11.5 Å². The van der Waals surface area contributed by atoms with E-state index in [4.69, 9.17) is 9.47 Å². The summed E-state index contributed by atoms with van der Waals surface area (Å²) in [5, 5.41) is 2.85. The highest BCUT2D eigenvalue weighted by Gasteiger charge is 2.47. The quantitative estimate of drug-likeness (QED) is 0.694. The summed E-state index contributed by atoms with van der Waals surface area (Å²) < 4.78 is 11.3. The van der Waals surface area contributed by atoms with E-state index in [-0.39, 0.29) is 23.8 Å². The first kappa shape index (κ1) is 22.8. The van der Waals surface area contributed by atoms with Crippen LogP contribution in [-0.2, 0) is 14.3 Å². The lowest BCUT2D eigenvalue weighted by molar-refractivity contribution is -0.165. The molecule has 2 aliphatic rings. The lowest BCUT2D eigenvalue weighted by Gasteiger charge is -2.38. The van der Waals surface area contributed by atoms with E-state index in [2.05, 4.69) is 5.32 Å².